The molecule has 1 aliphatic heterocycles. The topological polar surface area (TPSA) is 35.5 Å². The Labute approximate surface area is 121 Å². The Kier molecular flexibility index (Phi) is 5.67. The van der Waals surface area contributed by atoms with E-state index in [1.54, 1.807) is 13.2 Å². The highest BCUT2D eigenvalue weighted by molar-refractivity contribution is 7.84. The van der Waals surface area contributed by atoms with Crippen molar-refractivity contribution in [2.24, 2.45) is 0 Å². The first kappa shape index (κ1) is 14.8. The fourth-order valence-corrected chi connectivity index (χ4v) is 3.86. The van der Waals surface area contributed by atoms with Crippen LogP contribution in [0.1, 0.15) is 24.8 Å². The van der Waals surface area contributed by atoms with Crippen LogP contribution in [0.4, 0.5) is 0 Å². The molecule has 0 N–H and O–H groups in total. The summed E-state index contributed by atoms with van der Waals surface area (Å²) < 4.78 is 22.8. The van der Waals surface area contributed by atoms with Crippen molar-refractivity contribution in [2.75, 3.05) is 19.5 Å². The molecule has 106 valence electrons. The molecule has 3 nitrogen and oxygen atoms in total. The fourth-order valence-electron chi connectivity index (χ4n) is 2.15. The second-order valence-corrected chi connectivity index (χ2v) is 6.61. The van der Waals surface area contributed by atoms with Crippen LogP contribution in [0.25, 0.3) is 0 Å². The average molecular weight is 303 g/mol. The number of hydrogen-bond donors (Lipinski definition) is 0. The number of rotatable bonds is 5. The van der Waals surface area contributed by atoms with Crippen molar-refractivity contribution in [3.8, 4) is 5.75 Å². The fraction of sp³-hybridized carbons (Fsp3) is 0.571. The first-order valence-electron chi connectivity index (χ1n) is 6.48. The van der Waals surface area contributed by atoms with E-state index >= 15 is 0 Å². The number of halogens is 1. The second-order valence-electron chi connectivity index (χ2n) is 4.70. The van der Waals surface area contributed by atoms with Crippen LogP contribution in [-0.4, -0.2) is 29.8 Å². The summed E-state index contributed by atoms with van der Waals surface area (Å²) >= 11 is 6.15. The van der Waals surface area contributed by atoms with Gasteiger partial charge in [-0.25, -0.2) is 0 Å². The van der Waals surface area contributed by atoms with Gasteiger partial charge in [0.25, 0.3) is 0 Å². The molecule has 1 aromatic rings. The largest absolute Gasteiger partial charge is 0.497 e. The monoisotopic (exact) mass is 302 g/mol. The smallest absolute Gasteiger partial charge is 0.120 e. The van der Waals surface area contributed by atoms with Crippen molar-refractivity contribution in [2.45, 2.75) is 31.1 Å². The van der Waals surface area contributed by atoms with Gasteiger partial charge < -0.3 is 9.47 Å². The van der Waals surface area contributed by atoms with E-state index in [0.29, 0.717) is 16.5 Å². The molecule has 1 heterocycles. The summed E-state index contributed by atoms with van der Waals surface area (Å²) in [5.41, 5.74) is 0.900. The van der Waals surface area contributed by atoms with Crippen LogP contribution < -0.4 is 4.74 Å². The lowest BCUT2D eigenvalue weighted by atomic mass is 10.1. The third-order valence-electron chi connectivity index (χ3n) is 3.22. The van der Waals surface area contributed by atoms with Crippen molar-refractivity contribution in [1.82, 2.24) is 0 Å². The maximum atomic E-state index is 12.1. The van der Waals surface area contributed by atoms with Gasteiger partial charge in [-0.3, -0.25) is 4.21 Å². The van der Waals surface area contributed by atoms with Gasteiger partial charge in [-0.1, -0.05) is 17.7 Å². The van der Waals surface area contributed by atoms with Crippen LogP contribution in [0.2, 0.25) is 5.02 Å². The Hall–Kier alpha value is -0.580. The molecule has 0 spiro atoms. The number of ether oxygens (including phenoxy) is 2. The molecule has 5 heteroatoms. The van der Waals surface area contributed by atoms with Gasteiger partial charge in [-0.05, 0) is 37.0 Å². The van der Waals surface area contributed by atoms with Gasteiger partial charge in [0.15, 0.2) is 0 Å². The Morgan fingerprint density at radius 3 is 2.95 bits per heavy atom. The van der Waals surface area contributed by atoms with Crippen molar-refractivity contribution >= 4 is 22.4 Å². The Bertz CT molecular complexity index is 444. The van der Waals surface area contributed by atoms with E-state index in [4.69, 9.17) is 21.1 Å². The maximum absolute atomic E-state index is 12.1. The van der Waals surface area contributed by atoms with Crippen molar-refractivity contribution in [1.29, 1.82) is 0 Å². The molecule has 0 saturated carbocycles. The third-order valence-corrected chi connectivity index (χ3v) is 4.95. The van der Waals surface area contributed by atoms with Gasteiger partial charge in [-0.15, -0.1) is 0 Å². The van der Waals surface area contributed by atoms with Gasteiger partial charge in [0.2, 0.25) is 0 Å². The van der Waals surface area contributed by atoms with Gasteiger partial charge >= 0.3 is 0 Å². The average Bonchev–Trinajstić information content (AvgIpc) is 2.42. The maximum Gasteiger partial charge on any atom is 0.120 e. The van der Waals surface area contributed by atoms with Gasteiger partial charge in [-0.2, -0.15) is 0 Å². The molecule has 0 bridgehead atoms. The zero-order valence-corrected chi connectivity index (χ0v) is 12.6. The summed E-state index contributed by atoms with van der Waals surface area (Å²) in [5, 5.41) is 0.609. The van der Waals surface area contributed by atoms with Crippen LogP contribution in [0, 0.1) is 0 Å². The zero-order valence-electron chi connectivity index (χ0n) is 11.1. The van der Waals surface area contributed by atoms with Crippen LogP contribution >= 0.6 is 11.6 Å². The van der Waals surface area contributed by atoms with E-state index in [1.807, 2.05) is 12.1 Å². The molecule has 2 unspecified atom stereocenters. The minimum absolute atomic E-state index is 0.145. The number of methoxy groups -OCH3 is 1. The minimum atomic E-state index is -0.938. The molecule has 0 amide bonds. The van der Waals surface area contributed by atoms with E-state index in [9.17, 15) is 4.21 Å². The molecule has 1 aliphatic rings. The predicted molar refractivity (Wildman–Crippen MR) is 78.3 cm³/mol. The van der Waals surface area contributed by atoms with E-state index in [0.717, 1.165) is 30.8 Å². The Morgan fingerprint density at radius 1 is 1.47 bits per heavy atom. The van der Waals surface area contributed by atoms with Crippen molar-refractivity contribution < 1.29 is 13.7 Å². The lowest BCUT2D eigenvalue weighted by Crippen LogP contribution is -2.25. The van der Waals surface area contributed by atoms with Gasteiger partial charge in [0, 0.05) is 22.4 Å². The molecular weight excluding hydrogens is 284 g/mol. The summed E-state index contributed by atoms with van der Waals surface area (Å²) in [7, 11) is 0.663. The highest BCUT2D eigenvalue weighted by Crippen LogP contribution is 2.24. The minimum Gasteiger partial charge on any atom is -0.497 e. The molecule has 2 rings (SSSR count). The molecule has 0 radical (unpaired) electrons. The lowest BCUT2D eigenvalue weighted by Gasteiger charge is -2.22. The first-order chi connectivity index (χ1) is 9.19. The van der Waals surface area contributed by atoms with Crippen LogP contribution in [-0.2, 0) is 21.3 Å². The molecule has 1 fully saturated rings. The molecule has 0 aromatic heterocycles. The predicted octanol–water partition coefficient (Wildman–Crippen LogP) is 3.17. The zero-order chi connectivity index (χ0) is 13.7. The van der Waals surface area contributed by atoms with Crippen LogP contribution in [0.3, 0.4) is 0 Å². The highest BCUT2D eigenvalue weighted by Gasteiger charge is 2.17. The van der Waals surface area contributed by atoms with Gasteiger partial charge in [0.05, 0.1) is 24.7 Å². The second kappa shape index (κ2) is 7.27. The summed E-state index contributed by atoms with van der Waals surface area (Å²) in [5.74, 6) is 1.79. The normalized spacial score (nSPS) is 21.1. The number of hydrogen-bond acceptors (Lipinski definition) is 3. The Morgan fingerprint density at radius 2 is 2.32 bits per heavy atom. The van der Waals surface area contributed by atoms with Crippen LogP contribution in [0.5, 0.6) is 5.75 Å². The quantitative estimate of drug-likeness (QED) is 0.838. The van der Waals surface area contributed by atoms with E-state index in [2.05, 4.69) is 0 Å². The summed E-state index contributed by atoms with van der Waals surface area (Å²) in [6, 6.07) is 5.47. The SMILES string of the molecule is COc1ccc(CS(=O)CC2CCCCO2)c(Cl)c1. The van der Waals surface area contributed by atoms with E-state index in [1.165, 1.54) is 6.42 Å². The van der Waals surface area contributed by atoms with Crippen LogP contribution in [0.15, 0.2) is 18.2 Å². The standard InChI is InChI=1S/C14H19ClO3S/c1-17-12-6-5-11(14(15)8-12)9-19(16)10-13-4-2-3-7-18-13/h5-6,8,13H,2-4,7,9-10H2,1H3. The molecule has 0 aliphatic carbocycles. The molecule has 19 heavy (non-hydrogen) atoms. The highest BCUT2D eigenvalue weighted by atomic mass is 35.5. The molecule has 2 atom stereocenters. The molecular formula is C14H19ClO3S. The number of benzene rings is 1. The summed E-state index contributed by atoms with van der Waals surface area (Å²) in [4.78, 5) is 0. The van der Waals surface area contributed by atoms with E-state index in [-0.39, 0.29) is 6.10 Å². The lowest BCUT2D eigenvalue weighted by molar-refractivity contribution is 0.0310. The summed E-state index contributed by atoms with van der Waals surface area (Å²) in [6.07, 6.45) is 3.45. The van der Waals surface area contributed by atoms with Crippen molar-refractivity contribution in [3.05, 3.63) is 28.8 Å². The van der Waals surface area contributed by atoms with Gasteiger partial charge in [0.1, 0.15) is 5.75 Å². The third kappa shape index (κ3) is 4.48. The molecule has 1 saturated heterocycles. The van der Waals surface area contributed by atoms with E-state index < -0.39 is 10.8 Å². The Balaban J connectivity index is 1.91. The van der Waals surface area contributed by atoms with Crippen molar-refractivity contribution in [3.63, 3.8) is 0 Å². The summed E-state index contributed by atoms with van der Waals surface area (Å²) in [6.45, 7) is 0.797. The first-order valence-corrected chi connectivity index (χ1v) is 8.34. The molecule has 1 aromatic carbocycles.